The molecule has 6 atom stereocenters. The zero-order valence-electron chi connectivity index (χ0n) is 17.9. The topological polar surface area (TPSA) is 164 Å². The number of esters is 1. The molecule has 174 valence electrons. The van der Waals surface area contributed by atoms with Crippen LogP contribution in [0.2, 0.25) is 0 Å². The standard InChI is InChI=1S/C18H29N4O8P/c1-5-27-15(23)11(8-10(2)3)21-31(26)28-9-12-14(30-31)18(4,25)16(29-12)22-7-6-13(19)20-17(22)24/h6-7,10-12,14,16,25H,5,8-9H2,1-4H3,(H,21,26)(H2,19,20,24)/t11-,12+,14+,16+,18+,31-/m0/s1. The molecule has 0 aromatic carbocycles. The third-order valence-electron chi connectivity index (χ3n) is 5.07. The lowest BCUT2D eigenvalue weighted by Crippen LogP contribution is -2.50. The Morgan fingerprint density at radius 1 is 1.55 bits per heavy atom. The van der Waals surface area contributed by atoms with E-state index in [1.54, 1.807) is 6.92 Å². The van der Waals surface area contributed by atoms with Crippen LogP contribution in [-0.4, -0.2) is 57.7 Å². The second-order valence-corrected chi connectivity index (χ2v) is 9.90. The molecule has 13 heteroatoms. The maximum atomic E-state index is 13.3. The molecule has 0 radical (unpaired) electrons. The van der Waals surface area contributed by atoms with Gasteiger partial charge in [0.2, 0.25) is 0 Å². The third-order valence-corrected chi connectivity index (χ3v) is 6.70. The number of anilines is 1. The number of hydrogen-bond donors (Lipinski definition) is 3. The van der Waals surface area contributed by atoms with Gasteiger partial charge in [0, 0.05) is 6.20 Å². The van der Waals surface area contributed by atoms with Crippen molar-refractivity contribution < 1.29 is 33.0 Å². The van der Waals surface area contributed by atoms with Crippen molar-refractivity contribution in [1.29, 1.82) is 0 Å². The molecule has 1 aromatic rings. The lowest BCUT2D eigenvalue weighted by Gasteiger charge is -2.36. The largest absolute Gasteiger partial charge is 0.465 e. The van der Waals surface area contributed by atoms with Crippen LogP contribution in [0.4, 0.5) is 5.82 Å². The summed E-state index contributed by atoms with van der Waals surface area (Å²) in [5.74, 6) is -0.453. The van der Waals surface area contributed by atoms with Gasteiger partial charge in [-0.15, -0.1) is 0 Å². The minimum absolute atomic E-state index is 0.0275. The summed E-state index contributed by atoms with van der Waals surface area (Å²) in [5.41, 5.74) is 3.04. The molecule has 1 aromatic heterocycles. The van der Waals surface area contributed by atoms with Crippen LogP contribution in [0.3, 0.4) is 0 Å². The SMILES string of the molecule is CCOC(=O)[C@H](CC(C)C)N[P@]1(=O)OC[C@H]2O[C@@H](n3ccc(N)nc3=O)[C@](C)(O)[C@@H]2O1. The van der Waals surface area contributed by atoms with Crippen LogP contribution in [0.1, 0.15) is 40.3 Å². The van der Waals surface area contributed by atoms with Gasteiger partial charge in [-0.1, -0.05) is 13.8 Å². The van der Waals surface area contributed by atoms with Crippen LogP contribution in [0.25, 0.3) is 0 Å². The lowest BCUT2D eigenvalue weighted by atomic mass is 9.96. The number of nitrogens with zero attached hydrogens (tertiary/aromatic N) is 2. The second kappa shape index (κ2) is 8.97. The predicted octanol–water partition coefficient (Wildman–Crippen LogP) is 0.565. The van der Waals surface area contributed by atoms with Crippen molar-refractivity contribution in [2.75, 3.05) is 18.9 Å². The fourth-order valence-corrected chi connectivity index (χ4v) is 5.45. The Morgan fingerprint density at radius 2 is 2.26 bits per heavy atom. The first-order chi connectivity index (χ1) is 14.5. The van der Waals surface area contributed by atoms with Crippen molar-refractivity contribution in [2.45, 2.75) is 64.2 Å². The smallest absolute Gasteiger partial charge is 0.406 e. The highest BCUT2D eigenvalue weighted by Crippen LogP contribution is 2.55. The summed E-state index contributed by atoms with van der Waals surface area (Å²) in [5, 5.41) is 13.8. The summed E-state index contributed by atoms with van der Waals surface area (Å²) in [7, 11) is -4.00. The Kier molecular flexibility index (Phi) is 6.90. The first-order valence-corrected chi connectivity index (χ1v) is 11.6. The molecule has 0 bridgehead atoms. The van der Waals surface area contributed by atoms with Crippen molar-refractivity contribution in [1.82, 2.24) is 14.6 Å². The highest BCUT2D eigenvalue weighted by Gasteiger charge is 2.60. The van der Waals surface area contributed by atoms with Gasteiger partial charge in [0.25, 0.3) is 0 Å². The molecular formula is C18H29N4O8P. The molecule has 4 N–H and O–H groups in total. The molecule has 2 aliphatic heterocycles. The Morgan fingerprint density at radius 3 is 2.87 bits per heavy atom. The predicted molar refractivity (Wildman–Crippen MR) is 109 cm³/mol. The van der Waals surface area contributed by atoms with Crippen molar-refractivity contribution in [3.63, 3.8) is 0 Å². The average Bonchev–Trinajstić information content (AvgIpc) is 2.91. The van der Waals surface area contributed by atoms with E-state index >= 15 is 0 Å². The van der Waals surface area contributed by atoms with Crippen LogP contribution in [0.15, 0.2) is 17.1 Å². The van der Waals surface area contributed by atoms with Crippen LogP contribution in [-0.2, 0) is 27.9 Å². The van der Waals surface area contributed by atoms with Gasteiger partial charge in [0.15, 0.2) is 6.23 Å². The Bertz CT molecular complexity index is 920. The molecule has 31 heavy (non-hydrogen) atoms. The van der Waals surface area contributed by atoms with E-state index in [0.717, 1.165) is 4.57 Å². The number of ether oxygens (including phenoxy) is 2. The number of nitrogens with two attached hydrogens (primary N) is 1. The van der Waals surface area contributed by atoms with Gasteiger partial charge >= 0.3 is 19.4 Å². The van der Waals surface area contributed by atoms with Gasteiger partial charge in [0.1, 0.15) is 29.7 Å². The van der Waals surface area contributed by atoms with E-state index < -0.39 is 49.5 Å². The fourth-order valence-electron chi connectivity index (χ4n) is 3.67. The van der Waals surface area contributed by atoms with E-state index in [0.29, 0.717) is 6.42 Å². The fraction of sp³-hybridized carbons (Fsp3) is 0.722. The lowest BCUT2D eigenvalue weighted by molar-refractivity contribution is -0.146. The van der Waals surface area contributed by atoms with Gasteiger partial charge in [0.05, 0.1) is 13.2 Å². The van der Waals surface area contributed by atoms with Crippen LogP contribution >= 0.6 is 7.75 Å². The zero-order valence-corrected chi connectivity index (χ0v) is 18.8. The number of aromatic nitrogens is 2. The number of fused-ring (bicyclic) bond motifs is 1. The molecule has 3 rings (SSSR count). The summed E-state index contributed by atoms with van der Waals surface area (Å²) < 4.78 is 36.3. The maximum absolute atomic E-state index is 13.3. The normalized spacial score (nSPS) is 33.8. The molecule has 0 spiro atoms. The van der Waals surface area contributed by atoms with Gasteiger partial charge in [-0.05, 0) is 32.3 Å². The highest BCUT2D eigenvalue weighted by atomic mass is 31.2. The molecule has 2 saturated heterocycles. The number of nitrogen functional groups attached to an aromatic ring is 1. The molecule has 2 aliphatic rings. The van der Waals surface area contributed by atoms with E-state index in [1.165, 1.54) is 19.2 Å². The van der Waals surface area contributed by atoms with Gasteiger partial charge in [-0.25, -0.2) is 14.4 Å². The summed E-state index contributed by atoms with van der Waals surface area (Å²) >= 11 is 0. The molecule has 12 nitrogen and oxygen atoms in total. The van der Waals surface area contributed by atoms with Crippen molar-refractivity contribution in [3.05, 3.63) is 22.7 Å². The van der Waals surface area contributed by atoms with E-state index in [2.05, 4.69) is 10.1 Å². The number of nitrogens with one attached hydrogen (secondary N) is 1. The second-order valence-electron chi connectivity index (χ2n) is 8.18. The summed E-state index contributed by atoms with van der Waals surface area (Å²) in [6.07, 6.45) is -1.39. The minimum Gasteiger partial charge on any atom is -0.465 e. The molecule has 3 heterocycles. The number of hydrogen-bond acceptors (Lipinski definition) is 10. The highest BCUT2D eigenvalue weighted by molar-refractivity contribution is 7.51. The maximum Gasteiger partial charge on any atom is 0.406 e. The molecule has 0 unspecified atom stereocenters. The van der Waals surface area contributed by atoms with Crippen LogP contribution < -0.4 is 16.5 Å². The minimum atomic E-state index is -4.00. The first-order valence-electron chi connectivity index (χ1n) is 10.1. The van der Waals surface area contributed by atoms with Crippen LogP contribution in [0, 0.1) is 5.92 Å². The molecular weight excluding hydrogens is 431 g/mol. The van der Waals surface area contributed by atoms with E-state index in [-0.39, 0.29) is 24.9 Å². The summed E-state index contributed by atoms with van der Waals surface area (Å²) in [6.45, 7) is 6.86. The quantitative estimate of drug-likeness (QED) is 0.385. The van der Waals surface area contributed by atoms with Crippen molar-refractivity contribution in [3.8, 4) is 0 Å². The van der Waals surface area contributed by atoms with Crippen LogP contribution in [0.5, 0.6) is 0 Å². The van der Waals surface area contributed by atoms with Crippen molar-refractivity contribution in [2.24, 2.45) is 5.92 Å². The molecule has 2 fully saturated rings. The zero-order chi connectivity index (χ0) is 23.0. The molecule has 0 amide bonds. The number of carbonyl (C=O) groups is 1. The van der Waals surface area contributed by atoms with Crippen molar-refractivity contribution >= 4 is 19.5 Å². The monoisotopic (exact) mass is 460 g/mol. The van der Waals surface area contributed by atoms with E-state index in [4.69, 9.17) is 24.3 Å². The summed E-state index contributed by atoms with van der Waals surface area (Å²) in [4.78, 5) is 28.2. The van der Waals surface area contributed by atoms with Gasteiger partial charge < -0.3 is 20.3 Å². The number of carbonyl (C=O) groups excluding carboxylic acids is 1. The number of aliphatic hydroxyl groups is 1. The summed E-state index contributed by atoms with van der Waals surface area (Å²) in [6, 6.07) is 0.469. The number of rotatable bonds is 7. The third kappa shape index (κ3) is 5.00. The Labute approximate surface area is 179 Å². The van der Waals surface area contributed by atoms with E-state index in [1.807, 2.05) is 13.8 Å². The molecule has 0 saturated carbocycles. The Hall–Kier alpha value is -1.82. The van der Waals surface area contributed by atoms with E-state index in [9.17, 15) is 19.3 Å². The van der Waals surface area contributed by atoms with Gasteiger partial charge in [-0.2, -0.15) is 4.98 Å². The average molecular weight is 460 g/mol. The first kappa shape index (κ1) is 23.8. The molecule has 0 aliphatic carbocycles. The Balaban J connectivity index is 1.81. The van der Waals surface area contributed by atoms with Gasteiger partial charge in [-0.3, -0.25) is 18.4 Å².